The van der Waals surface area contributed by atoms with Crippen LogP contribution >= 0.6 is 23.2 Å². The molecule has 4 rings (SSSR count). The van der Waals surface area contributed by atoms with Crippen LogP contribution in [0.15, 0.2) is 60.7 Å². The van der Waals surface area contributed by atoms with Crippen molar-refractivity contribution >= 4 is 23.2 Å². The maximum Gasteiger partial charge on any atom is 0.0499 e. The molecular weight excluding hydrogens is 299 g/mol. The Bertz CT molecular complexity index is 850. The summed E-state index contributed by atoms with van der Waals surface area (Å²) < 4.78 is 0. The van der Waals surface area contributed by atoms with E-state index in [-0.39, 0.29) is 0 Å². The van der Waals surface area contributed by atoms with Crippen molar-refractivity contribution in [3.05, 3.63) is 81.8 Å². The molecule has 0 saturated heterocycles. The molecule has 0 radical (unpaired) electrons. The molecular formula is C19H12Cl2. The van der Waals surface area contributed by atoms with Gasteiger partial charge in [-0.1, -0.05) is 71.7 Å². The third kappa shape index (κ3) is 2.07. The highest BCUT2D eigenvalue weighted by Crippen LogP contribution is 2.43. The summed E-state index contributed by atoms with van der Waals surface area (Å²) in [5.74, 6) is 0. The minimum Gasteiger partial charge on any atom is -0.0843 e. The Kier molecular flexibility index (Phi) is 3.02. The molecule has 0 saturated carbocycles. The van der Waals surface area contributed by atoms with Gasteiger partial charge in [-0.05, 0) is 46.4 Å². The van der Waals surface area contributed by atoms with Gasteiger partial charge in [0.05, 0.1) is 0 Å². The number of rotatable bonds is 1. The molecule has 1 aliphatic carbocycles. The van der Waals surface area contributed by atoms with E-state index in [1.54, 1.807) is 6.07 Å². The summed E-state index contributed by atoms with van der Waals surface area (Å²) in [4.78, 5) is 0. The van der Waals surface area contributed by atoms with E-state index in [1.165, 1.54) is 27.8 Å². The van der Waals surface area contributed by atoms with Crippen molar-refractivity contribution in [1.82, 2.24) is 0 Å². The van der Waals surface area contributed by atoms with Gasteiger partial charge in [-0.2, -0.15) is 0 Å². The molecule has 0 N–H and O–H groups in total. The van der Waals surface area contributed by atoms with Crippen molar-refractivity contribution in [3.63, 3.8) is 0 Å². The van der Waals surface area contributed by atoms with E-state index in [9.17, 15) is 0 Å². The van der Waals surface area contributed by atoms with Crippen LogP contribution in [0, 0.1) is 0 Å². The molecule has 0 spiro atoms. The number of fused-ring (bicyclic) bond motifs is 3. The third-order valence-electron chi connectivity index (χ3n) is 4.07. The average Bonchev–Trinajstić information content (AvgIpc) is 2.86. The molecule has 0 atom stereocenters. The molecule has 0 unspecified atom stereocenters. The molecule has 0 nitrogen and oxygen atoms in total. The third-order valence-corrected chi connectivity index (χ3v) is 4.62. The van der Waals surface area contributed by atoms with Crippen LogP contribution in [-0.2, 0) is 6.42 Å². The van der Waals surface area contributed by atoms with Crippen LogP contribution in [0.25, 0.3) is 22.3 Å². The van der Waals surface area contributed by atoms with E-state index in [4.69, 9.17) is 23.2 Å². The predicted octanol–water partition coefficient (Wildman–Crippen LogP) is 6.23. The van der Waals surface area contributed by atoms with E-state index < -0.39 is 0 Å². The van der Waals surface area contributed by atoms with Crippen molar-refractivity contribution < 1.29 is 0 Å². The van der Waals surface area contributed by atoms with E-state index in [2.05, 4.69) is 42.5 Å². The molecule has 0 fully saturated rings. The van der Waals surface area contributed by atoms with Crippen LogP contribution in [0.2, 0.25) is 10.0 Å². The van der Waals surface area contributed by atoms with Gasteiger partial charge in [-0.15, -0.1) is 0 Å². The Morgan fingerprint density at radius 2 is 1.38 bits per heavy atom. The highest BCUT2D eigenvalue weighted by molar-refractivity contribution is 6.36. The molecule has 0 aromatic heterocycles. The lowest BCUT2D eigenvalue weighted by Gasteiger charge is -2.11. The zero-order valence-corrected chi connectivity index (χ0v) is 12.7. The highest BCUT2D eigenvalue weighted by Gasteiger charge is 2.21. The fourth-order valence-corrected chi connectivity index (χ4v) is 3.63. The lowest BCUT2D eigenvalue weighted by molar-refractivity contribution is 1.26. The number of halogens is 2. The van der Waals surface area contributed by atoms with E-state index in [0.717, 1.165) is 12.0 Å². The van der Waals surface area contributed by atoms with Gasteiger partial charge >= 0.3 is 0 Å². The Hall–Kier alpha value is -1.76. The number of benzene rings is 3. The minimum atomic E-state index is 0.666. The Labute approximate surface area is 134 Å². The van der Waals surface area contributed by atoms with Gasteiger partial charge < -0.3 is 0 Å². The molecule has 1 aliphatic rings. The van der Waals surface area contributed by atoms with Crippen LogP contribution in [0.4, 0.5) is 0 Å². The first-order chi connectivity index (χ1) is 10.2. The van der Waals surface area contributed by atoms with Crippen molar-refractivity contribution in [2.75, 3.05) is 0 Å². The van der Waals surface area contributed by atoms with Gasteiger partial charge in [-0.3, -0.25) is 0 Å². The van der Waals surface area contributed by atoms with Gasteiger partial charge in [0.25, 0.3) is 0 Å². The van der Waals surface area contributed by atoms with Crippen LogP contribution < -0.4 is 0 Å². The Morgan fingerprint density at radius 3 is 2.19 bits per heavy atom. The zero-order valence-electron chi connectivity index (χ0n) is 11.2. The van der Waals surface area contributed by atoms with Gasteiger partial charge in [0.1, 0.15) is 0 Å². The molecule has 0 bridgehead atoms. The van der Waals surface area contributed by atoms with Crippen LogP contribution in [-0.4, -0.2) is 0 Å². The lowest BCUT2D eigenvalue weighted by Crippen LogP contribution is -1.88. The van der Waals surface area contributed by atoms with Crippen LogP contribution in [0.1, 0.15) is 11.1 Å². The first kappa shape index (κ1) is 12.9. The molecule has 21 heavy (non-hydrogen) atoms. The van der Waals surface area contributed by atoms with Crippen molar-refractivity contribution in [2.24, 2.45) is 0 Å². The summed E-state index contributed by atoms with van der Waals surface area (Å²) in [6.45, 7) is 0. The summed E-state index contributed by atoms with van der Waals surface area (Å²) >= 11 is 12.4. The molecule has 0 aliphatic heterocycles. The summed E-state index contributed by atoms with van der Waals surface area (Å²) in [6, 6.07) is 20.7. The molecule has 102 valence electrons. The SMILES string of the molecule is Clc1ccc(-c2cccc3c2Cc2ccccc2-3)c(Cl)c1. The summed E-state index contributed by atoms with van der Waals surface area (Å²) in [5.41, 5.74) is 7.62. The van der Waals surface area contributed by atoms with Crippen molar-refractivity contribution in [2.45, 2.75) is 6.42 Å². The fraction of sp³-hybridized carbons (Fsp3) is 0.0526. The zero-order chi connectivity index (χ0) is 14.4. The largest absolute Gasteiger partial charge is 0.0843 e. The maximum atomic E-state index is 6.39. The number of hydrogen-bond donors (Lipinski definition) is 0. The Morgan fingerprint density at radius 1 is 0.667 bits per heavy atom. The van der Waals surface area contributed by atoms with Gasteiger partial charge in [0.2, 0.25) is 0 Å². The smallest absolute Gasteiger partial charge is 0.0499 e. The summed E-state index contributed by atoms with van der Waals surface area (Å²) in [5, 5.41) is 1.37. The molecule has 2 heteroatoms. The first-order valence-corrected chi connectivity index (χ1v) is 7.65. The molecule has 0 heterocycles. The second-order valence-corrected chi connectivity index (χ2v) is 6.13. The van der Waals surface area contributed by atoms with Gasteiger partial charge in [0, 0.05) is 15.6 Å². The summed E-state index contributed by atoms with van der Waals surface area (Å²) in [6.07, 6.45) is 0.959. The van der Waals surface area contributed by atoms with Crippen LogP contribution in [0.5, 0.6) is 0 Å². The highest BCUT2D eigenvalue weighted by atomic mass is 35.5. The van der Waals surface area contributed by atoms with E-state index in [1.807, 2.05) is 12.1 Å². The first-order valence-electron chi connectivity index (χ1n) is 6.89. The maximum absolute atomic E-state index is 6.39. The quantitative estimate of drug-likeness (QED) is 0.391. The van der Waals surface area contributed by atoms with Gasteiger partial charge in [-0.25, -0.2) is 0 Å². The normalized spacial score (nSPS) is 12.1. The summed E-state index contributed by atoms with van der Waals surface area (Å²) in [7, 11) is 0. The number of hydrogen-bond acceptors (Lipinski definition) is 0. The molecule has 0 amide bonds. The monoisotopic (exact) mass is 310 g/mol. The lowest BCUT2D eigenvalue weighted by atomic mass is 9.96. The standard InChI is InChI=1S/C19H12Cl2/c20-13-8-9-17(19(21)11-13)16-7-3-6-15-14-5-2-1-4-12(14)10-18(15)16/h1-9,11H,10H2. The van der Waals surface area contributed by atoms with E-state index >= 15 is 0 Å². The van der Waals surface area contributed by atoms with E-state index in [0.29, 0.717) is 10.0 Å². The average molecular weight is 311 g/mol. The van der Waals surface area contributed by atoms with Crippen molar-refractivity contribution in [1.29, 1.82) is 0 Å². The molecule has 3 aromatic rings. The second-order valence-electron chi connectivity index (χ2n) is 5.29. The molecule has 3 aromatic carbocycles. The van der Waals surface area contributed by atoms with Gasteiger partial charge in [0.15, 0.2) is 0 Å². The minimum absolute atomic E-state index is 0.666. The second kappa shape index (κ2) is 4.91. The topological polar surface area (TPSA) is 0 Å². The van der Waals surface area contributed by atoms with Crippen molar-refractivity contribution in [3.8, 4) is 22.3 Å². The predicted molar refractivity (Wildman–Crippen MR) is 90.1 cm³/mol. The Balaban J connectivity index is 1.94. The van der Waals surface area contributed by atoms with Crippen LogP contribution in [0.3, 0.4) is 0 Å². The fourth-order valence-electron chi connectivity index (χ4n) is 3.12.